The minimum Gasteiger partial charge on any atom is -0.395 e. The Kier molecular flexibility index (Phi) is 4.57. The summed E-state index contributed by atoms with van der Waals surface area (Å²) in [4.78, 5) is 14.1. The summed E-state index contributed by atoms with van der Waals surface area (Å²) in [5.41, 5.74) is 1.94. The van der Waals surface area contributed by atoms with Crippen molar-refractivity contribution < 1.29 is 9.90 Å². The van der Waals surface area contributed by atoms with Gasteiger partial charge in [0.25, 0.3) is 0 Å². The van der Waals surface area contributed by atoms with E-state index in [1.807, 2.05) is 31.2 Å². The SMILES string of the molecule is CC(NC(=O)N(CCO)C1CC1)c1ccc(-n2ccnn2)cc1. The predicted octanol–water partition coefficient (Wildman–Crippen LogP) is 1.49. The molecule has 1 aliphatic rings. The molecule has 0 bridgehead atoms. The number of hydrogen-bond donors (Lipinski definition) is 2. The van der Waals surface area contributed by atoms with Gasteiger partial charge in [-0.05, 0) is 37.5 Å². The molecule has 7 nitrogen and oxygen atoms in total. The van der Waals surface area contributed by atoms with Crippen LogP contribution < -0.4 is 5.32 Å². The third-order valence-corrected chi connectivity index (χ3v) is 4.01. The van der Waals surface area contributed by atoms with Gasteiger partial charge in [0, 0.05) is 12.6 Å². The zero-order valence-corrected chi connectivity index (χ0v) is 13.1. The lowest BCUT2D eigenvalue weighted by Crippen LogP contribution is -2.43. The van der Waals surface area contributed by atoms with Gasteiger partial charge in [0.15, 0.2) is 0 Å². The van der Waals surface area contributed by atoms with Crippen LogP contribution in [0.15, 0.2) is 36.7 Å². The first-order valence-electron chi connectivity index (χ1n) is 7.83. The zero-order chi connectivity index (χ0) is 16.2. The summed E-state index contributed by atoms with van der Waals surface area (Å²) in [5, 5.41) is 19.8. The van der Waals surface area contributed by atoms with Crippen molar-refractivity contribution in [2.24, 2.45) is 0 Å². The van der Waals surface area contributed by atoms with Crippen molar-refractivity contribution >= 4 is 6.03 Å². The Morgan fingerprint density at radius 2 is 2.17 bits per heavy atom. The molecule has 7 heteroatoms. The fourth-order valence-corrected chi connectivity index (χ4v) is 2.56. The lowest BCUT2D eigenvalue weighted by Gasteiger charge is -2.24. The Bertz CT molecular complexity index is 637. The van der Waals surface area contributed by atoms with Crippen molar-refractivity contribution in [3.63, 3.8) is 0 Å². The molecule has 23 heavy (non-hydrogen) atoms. The van der Waals surface area contributed by atoms with Crippen LogP contribution in [-0.2, 0) is 0 Å². The van der Waals surface area contributed by atoms with Crippen molar-refractivity contribution in [2.45, 2.75) is 31.8 Å². The monoisotopic (exact) mass is 315 g/mol. The van der Waals surface area contributed by atoms with E-state index in [0.29, 0.717) is 6.54 Å². The lowest BCUT2D eigenvalue weighted by atomic mass is 10.1. The summed E-state index contributed by atoms with van der Waals surface area (Å²) < 4.78 is 1.68. The Balaban J connectivity index is 1.63. The van der Waals surface area contributed by atoms with Gasteiger partial charge in [-0.1, -0.05) is 17.3 Å². The molecule has 1 atom stereocenters. The van der Waals surface area contributed by atoms with Gasteiger partial charge in [-0.3, -0.25) is 0 Å². The normalized spacial score (nSPS) is 15.2. The first kappa shape index (κ1) is 15.5. The second kappa shape index (κ2) is 6.78. The van der Waals surface area contributed by atoms with Gasteiger partial charge in [-0.2, -0.15) is 0 Å². The highest BCUT2D eigenvalue weighted by atomic mass is 16.3. The molecule has 0 radical (unpaired) electrons. The van der Waals surface area contributed by atoms with E-state index in [0.717, 1.165) is 24.1 Å². The van der Waals surface area contributed by atoms with Crippen molar-refractivity contribution in [1.29, 1.82) is 0 Å². The van der Waals surface area contributed by atoms with Crippen LogP contribution in [0.5, 0.6) is 0 Å². The summed E-state index contributed by atoms with van der Waals surface area (Å²) >= 11 is 0. The first-order valence-corrected chi connectivity index (χ1v) is 7.83. The third-order valence-electron chi connectivity index (χ3n) is 4.01. The van der Waals surface area contributed by atoms with E-state index in [4.69, 9.17) is 5.11 Å². The van der Waals surface area contributed by atoms with E-state index in [1.165, 1.54) is 0 Å². The summed E-state index contributed by atoms with van der Waals surface area (Å²) in [5.74, 6) is 0. The number of amides is 2. The Morgan fingerprint density at radius 3 is 2.74 bits per heavy atom. The molecule has 0 saturated heterocycles. The fraction of sp³-hybridized carbons (Fsp3) is 0.438. The minimum atomic E-state index is -0.116. The maximum absolute atomic E-state index is 12.3. The maximum Gasteiger partial charge on any atom is 0.318 e. The number of carbonyl (C=O) groups excluding carboxylic acids is 1. The average Bonchev–Trinajstić information content (AvgIpc) is 3.25. The number of urea groups is 1. The molecule has 1 aromatic carbocycles. The molecule has 2 amide bonds. The van der Waals surface area contributed by atoms with Crippen LogP contribution in [0.4, 0.5) is 4.79 Å². The Morgan fingerprint density at radius 1 is 1.43 bits per heavy atom. The van der Waals surface area contributed by atoms with Gasteiger partial charge in [0.2, 0.25) is 0 Å². The van der Waals surface area contributed by atoms with E-state index in [9.17, 15) is 4.79 Å². The predicted molar refractivity (Wildman–Crippen MR) is 85.1 cm³/mol. The number of rotatable bonds is 6. The summed E-state index contributed by atoms with van der Waals surface area (Å²) in [6.07, 6.45) is 5.45. The molecule has 1 aliphatic carbocycles. The van der Waals surface area contributed by atoms with Crippen LogP contribution in [0.1, 0.15) is 31.4 Å². The van der Waals surface area contributed by atoms with Crippen LogP contribution in [0.25, 0.3) is 5.69 Å². The van der Waals surface area contributed by atoms with E-state index in [-0.39, 0.29) is 24.7 Å². The molecule has 1 unspecified atom stereocenters. The third kappa shape index (κ3) is 3.68. The molecule has 2 N–H and O–H groups in total. The van der Waals surface area contributed by atoms with Gasteiger partial charge in [-0.15, -0.1) is 5.10 Å². The van der Waals surface area contributed by atoms with Gasteiger partial charge in [0.05, 0.1) is 30.7 Å². The van der Waals surface area contributed by atoms with E-state index in [2.05, 4.69) is 15.6 Å². The second-order valence-corrected chi connectivity index (χ2v) is 5.76. The van der Waals surface area contributed by atoms with Crippen LogP contribution in [-0.4, -0.2) is 50.2 Å². The van der Waals surface area contributed by atoms with E-state index in [1.54, 1.807) is 22.0 Å². The molecule has 1 aromatic heterocycles. The van der Waals surface area contributed by atoms with Crippen molar-refractivity contribution in [1.82, 2.24) is 25.2 Å². The Labute approximate surface area is 134 Å². The summed E-state index contributed by atoms with van der Waals surface area (Å²) in [7, 11) is 0. The number of aliphatic hydroxyl groups is 1. The summed E-state index contributed by atoms with van der Waals surface area (Å²) in [6.45, 7) is 2.33. The van der Waals surface area contributed by atoms with Gasteiger partial charge in [0.1, 0.15) is 0 Å². The molecular weight excluding hydrogens is 294 g/mol. The number of hydrogen-bond acceptors (Lipinski definition) is 4. The lowest BCUT2D eigenvalue weighted by molar-refractivity contribution is 0.171. The highest BCUT2D eigenvalue weighted by Gasteiger charge is 2.32. The van der Waals surface area contributed by atoms with Crippen LogP contribution >= 0.6 is 0 Å². The van der Waals surface area contributed by atoms with Crippen molar-refractivity contribution in [3.05, 3.63) is 42.2 Å². The zero-order valence-electron chi connectivity index (χ0n) is 13.1. The standard InChI is InChI=1S/C16H21N5O2/c1-12(18-16(23)20(10-11-22)14-6-7-14)13-2-4-15(5-3-13)21-9-8-17-19-21/h2-5,8-9,12,14,22H,6-7,10-11H2,1H3,(H,18,23). The van der Waals surface area contributed by atoms with Gasteiger partial charge < -0.3 is 15.3 Å². The quantitative estimate of drug-likeness (QED) is 0.846. The number of nitrogens with one attached hydrogen (secondary N) is 1. The molecule has 3 rings (SSSR count). The average molecular weight is 315 g/mol. The van der Waals surface area contributed by atoms with E-state index >= 15 is 0 Å². The fourth-order valence-electron chi connectivity index (χ4n) is 2.56. The van der Waals surface area contributed by atoms with Gasteiger partial charge in [-0.25, -0.2) is 9.48 Å². The van der Waals surface area contributed by atoms with Crippen LogP contribution in [0.3, 0.4) is 0 Å². The molecule has 0 spiro atoms. The number of nitrogens with zero attached hydrogens (tertiary/aromatic N) is 4. The number of carbonyl (C=O) groups is 1. The molecule has 122 valence electrons. The summed E-state index contributed by atoms with van der Waals surface area (Å²) in [6, 6.07) is 7.88. The largest absolute Gasteiger partial charge is 0.395 e. The minimum absolute atomic E-state index is 0.00902. The van der Waals surface area contributed by atoms with Crippen molar-refractivity contribution in [3.8, 4) is 5.69 Å². The number of benzene rings is 1. The van der Waals surface area contributed by atoms with Crippen LogP contribution in [0.2, 0.25) is 0 Å². The highest BCUT2D eigenvalue weighted by Crippen LogP contribution is 2.27. The Hall–Kier alpha value is -2.41. The maximum atomic E-state index is 12.3. The smallest absolute Gasteiger partial charge is 0.318 e. The molecule has 2 aromatic rings. The molecule has 0 aliphatic heterocycles. The number of aliphatic hydroxyl groups excluding tert-OH is 1. The highest BCUT2D eigenvalue weighted by molar-refractivity contribution is 5.75. The topological polar surface area (TPSA) is 83.3 Å². The van der Waals surface area contributed by atoms with E-state index < -0.39 is 0 Å². The molecule has 1 fully saturated rings. The molecular formula is C16H21N5O2. The molecule has 1 heterocycles. The van der Waals surface area contributed by atoms with Crippen LogP contribution in [0, 0.1) is 0 Å². The second-order valence-electron chi connectivity index (χ2n) is 5.76. The first-order chi connectivity index (χ1) is 11.2. The number of aromatic nitrogens is 3. The van der Waals surface area contributed by atoms with Gasteiger partial charge >= 0.3 is 6.03 Å². The molecule has 1 saturated carbocycles. The van der Waals surface area contributed by atoms with Crippen molar-refractivity contribution in [2.75, 3.05) is 13.2 Å².